The second kappa shape index (κ2) is 6.53. The van der Waals surface area contributed by atoms with Crippen molar-refractivity contribution in [3.63, 3.8) is 0 Å². The van der Waals surface area contributed by atoms with Crippen molar-refractivity contribution in [1.29, 1.82) is 0 Å². The van der Waals surface area contributed by atoms with Crippen LogP contribution in [0.5, 0.6) is 0 Å². The molecule has 2 fully saturated rings. The van der Waals surface area contributed by atoms with Gasteiger partial charge in [0.05, 0.1) is 5.60 Å². The first-order valence-electron chi connectivity index (χ1n) is 7.32. The summed E-state index contributed by atoms with van der Waals surface area (Å²) in [5.41, 5.74) is -0.165. The predicted octanol–water partition coefficient (Wildman–Crippen LogP) is 1.59. The number of rotatable bonds is 4. The van der Waals surface area contributed by atoms with Gasteiger partial charge < -0.3 is 15.4 Å². The van der Waals surface area contributed by atoms with Crippen molar-refractivity contribution in [2.24, 2.45) is 0 Å². The van der Waals surface area contributed by atoms with E-state index in [0.29, 0.717) is 6.04 Å². The predicted molar refractivity (Wildman–Crippen MR) is 71.5 cm³/mol. The van der Waals surface area contributed by atoms with Gasteiger partial charge in [-0.15, -0.1) is 0 Å². The number of nitrogens with one attached hydrogen (secondary N) is 2. The van der Waals surface area contributed by atoms with Crippen molar-refractivity contribution < 1.29 is 9.53 Å². The second-order valence-corrected chi connectivity index (χ2v) is 5.92. The van der Waals surface area contributed by atoms with Gasteiger partial charge in [-0.2, -0.15) is 0 Å². The Balaban J connectivity index is 1.67. The maximum absolute atomic E-state index is 11.8. The third-order valence-electron chi connectivity index (χ3n) is 4.08. The molecule has 2 N–H and O–H groups in total. The molecule has 2 aliphatic rings. The molecule has 0 bridgehead atoms. The quantitative estimate of drug-likeness (QED) is 0.801. The number of ether oxygens (including phenoxy) is 1. The molecule has 0 radical (unpaired) electrons. The minimum atomic E-state index is -0.165. The zero-order chi connectivity index (χ0) is 12.8. The molecule has 1 saturated heterocycles. The topological polar surface area (TPSA) is 50.4 Å². The molecule has 18 heavy (non-hydrogen) atoms. The molecule has 1 atom stereocenters. The van der Waals surface area contributed by atoms with Crippen LogP contribution in [0.15, 0.2) is 0 Å². The molecule has 1 unspecified atom stereocenters. The van der Waals surface area contributed by atoms with Crippen LogP contribution in [0.3, 0.4) is 0 Å². The van der Waals surface area contributed by atoms with E-state index in [1.54, 1.807) is 0 Å². The lowest BCUT2D eigenvalue weighted by Crippen LogP contribution is -2.47. The van der Waals surface area contributed by atoms with Gasteiger partial charge in [0.25, 0.3) is 0 Å². The molecular weight excluding hydrogens is 228 g/mol. The maximum Gasteiger partial charge on any atom is 0.246 e. The van der Waals surface area contributed by atoms with Crippen molar-refractivity contribution in [2.45, 2.75) is 63.5 Å². The smallest absolute Gasteiger partial charge is 0.246 e. The number of hydrogen-bond acceptors (Lipinski definition) is 3. The van der Waals surface area contributed by atoms with Crippen molar-refractivity contribution in [3.8, 4) is 0 Å². The molecule has 4 nitrogen and oxygen atoms in total. The van der Waals surface area contributed by atoms with Crippen LogP contribution in [-0.4, -0.2) is 37.2 Å². The monoisotopic (exact) mass is 254 g/mol. The van der Waals surface area contributed by atoms with Gasteiger partial charge >= 0.3 is 0 Å². The van der Waals surface area contributed by atoms with Crippen LogP contribution in [0.4, 0.5) is 0 Å². The Bertz CT molecular complexity index is 269. The van der Waals surface area contributed by atoms with E-state index in [2.05, 4.69) is 17.6 Å². The molecule has 1 saturated carbocycles. The van der Waals surface area contributed by atoms with Gasteiger partial charge in [-0.1, -0.05) is 19.3 Å². The van der Waals surface area contributed by atoms with Crippen molar-refractivity contribution >= 4 is 5.91 Å². The highest BCUT2D eigenvalue weighted by molar-refractivity contribution is 5.77. The molecule has 0 aromatic carbocycles. The average Bonchev–Trinajstić information content (AvgIpc) is 2.39. The molecule has 1 aliphatic carbocycles. The highest BCUT2D eigenvalue weighted by Crippen LogP contribution is 2.20. The average molecular weight is 254 g/mol. The Morgan fingerprint density at radius 1 is 1.33 bits per heavy atom. The highest BCUT2D eigenvalue weighted by Gasteiger charge is 2.28. The zero-order valence-electron chi connectivity index (χ0n) is 11.5. The van der Waals surface area contributed by atoms with E-state index in [1.165, 1.54) is 19.3 Å². The van der Waals surface area contributed by atoms with Gasteiger partial charge in [0.2, 0.25) is 5.91 Å². The Hall–Kier alpha value is -0.610. The van der Waals surface area contributed by atoms with E-state index in [1.807, 2.05) is 0 Å². The van der Waals surface area contributed by atoms with Crippen LogP contribution in [0.25, 0.3) is 0 Å². The minimum absolute atomic E-state index is 0.0497. The Labute approximate surface area is 110 Å². The molecule has 2 rings (SSSR count). The van der Waals surface area contributed by atoms with Crippen LogP contribution in [-0.2, 0) is 9.53 Å². The van der Waals surface area contributed by atoms with Gasteiger partial charge in [-0.05, 0) is 39.2 Å². The lowest BCUT2D eigenvalue weighted by atomic mass is 9.95. The van der Waals surface area contributed by atoms with Gasteiger partial charge in [0, 0.05) is 12.6 Å². The summed E-state index contributed by atoms with van der Waals surface area (Å²) >= 11 is 0. The summed E-state index contributed by atoms with van der Waals surface area (Å²) in [6.07, 6.45) is 8.22. The lowest BCUT2D eigenvalue weighted by molar-refractivity contribution is -0.134. The highest BCUT2D eigenvalue weighted by atomic mass is 16.5. The molecule has 1 amide bonds. The second-order valence-electron chi connectivity index (χ2n) is 5.92. The third kappa shape index (κ3) is 4.25. The Morgan fingerprint density at radius 2 is 2.11 bits per heavy atom. The van der Waals surface area contributed by atoms with Crippen molar-refractivity contribution in [1.82, 2.24) is 10.6 Å². The number of piperidine rings is 1. The fraction of sp³-hybridized carbons (Fsp3) is 0.929. The minimum Gasteiger partial charge on any atom is -0.364 e. The largest absolute Gasteiger partial charge is 0.364 e. The molecule has 0 spiro atoms. The fourth-order valence-electron chi connectivity index (χ4n) is 2.91. The number of hydrogen-bond donors (Lipinski definition) is 2. The van der Waals surface area contributed by atoms with E-state index in [-0.39, 0.29) is 18.1 Å². The van der Waals surface area contributed by atoms with Crippen LogP contribution in [0.2, 0.25) is 0 Å². The van der Waals surface area contributed by atoms with E-state index in [0.717, 1.165) is 38.8 Å². The normalized spacial score (nSPS) is 30.1. The molecule has 104 valence electrons. The van der Waals surface area contributed by atoms with Gasteiger partial charge in [0.1, 0.15) is 6.61 Å². The van der Waals surface area contributed by atoms with Crippen LogP contribution < -0.4 is 10.6 Å². The summed E-state index contributed by atoms with van der Waals surface area (Å²) in [6, 6.07) is 0.382. The summed E-state index contributed by atoms with van der Waals surface area (Å²) in [4.78, 5) is 11.8. The summed E-state index contributed by atoms with van der Waals surface area (Å²) in [6.45, 7) is 4.21. The first kappa shape index (κ1) is 13.8. The molecule has 0 aromatic heterocycles. The zero-order valence-corrected chi connectivity index (χ0v) is 11.5. The maximum atomic E-state index is 11.8. The van der Waals surface area contributed by atoms with Crippen molar-refractivity contribution in [3.05, 3.63) is 0 Å². The third-order valence-corrected chi connectivity index (χ3v) is 4.08. The number of amides is 1. The van der Waals surface area contributed by atoms with E-state index in [9.17, 15) is 4.79 Å². The van der Waals surface area contributed by atoms with E-state index < -0.39 is 0 Å². The molecule has 1 aliphatic heterocycles. The van der Waals surface area contributed by atoms with Crippen LogP contribution in [0.1, 0.15) is 51.9 Å². The summed E-state index contributed by atoms with van der Waals surface area (Å²) < 4.78 is 5.80. The van der Waals surface area contributed by atoms with Crippen LogP contribution >= 0.6 is 0 Å². The first-order valence-corrected chi connectivity index (χ1v) is 7.32. The Morgan fingerprint density at radius 3 is 2.78 bits per heavy atom. The van der Waals surface area contributed by atoms with Gasteiger partial charge in [-0.25, -0.2) is 0 Å². The van der Waals surface area contributed by atoms with E-state index in [4.69, 9.17) is 4.74 Å². The fourth-order valence-corrected chi connectivity index (χ4v) is 2.91. The number of carbonyl (C=O) groups is 1. The molecular formula is C14H26N2O2. The van der Waals surface area contributed by atoms with E-state index >= 15 is 0 Å². The van der Waals surface area contributed by atoms with Gasteiger partial charge in [-0.3, -0.25) is 4.79 Å². The van der Waals surface area contributed by atoms with Gasteiger partial charge in [0.15, 0.2) is 0 Å². The summed E-state index contributed by atoms with van der Waals surface area (Å²) in [5.74, 6) is 0.0497. The summed E-state index contributed by atoms with van der Waals surface area (Å²) in [7, 11) is 0. The number of carbonyl (C=O) groups excluding carboxylic acids is 1. The lowest BCUT2D eigenvalue weighted by Gasteiger charge is -2.34. The molecule has 0 aromatic rings. The molecule has 1 heterocycles. The summed E-state index contributed by atoms with van der Waals surface area (Å²) in [5, 5.41) is 6.42. The Kier molecular flexibility index (Phi) is 5.01. The first-order chi connectivity index (χ1) is 8.68. The van der Waals surface area contributed by atoms with Crippen LogP contribution in [0, 0.1) is 0 Å². The standard InChI is InChI=1S/C14H26N2O2/c1-14(8-5-9-15-11-14)18-10-13(17)16-12-6-3-2-4-7-12/h12,15H,2-11H2,1H3,(H,16,17). The molecule has 4 heteroatoms. The van der Waals surface area contributed by atoms with Crippen molar-refractivity contribution in [2.75, 3.05) is 19.7 Å². The SMILES string of the molecule is CC1(OCC(=O)NC2CCCCC2)CCCNC1.